The second-order valence-electron chi connectivity index (χ2n) is 11.4. The highest BCUT2D eigenvalue weighted by molar-refractivity contribution is 7.89. The van der Waals surface area contributed by atoms with Crippen LogP contribution >= 0.6 is 34.5 Å². The molecule has 1 atom stereocenters. The average Bonchev–Trinajstić information content (AvgIpc) is 3.58. The molecule has 46 heavy (non-hydrogen) atoms. The van der Waals surface area contributed by atoms with Gasteiger partial charge >= 0.3 is 12.1 Å². The lowest BCUT2D eigenvalue weighted by atomic mass is 9.89. The Labute approximate surface area is 275 Å². The summed E-state index contributed by atoms with van der Waals surface area (Å²) in [5.41, 5.74) is -0.569. The highest BCUT2D eigenvalue weighted by Crippen LogP contribution is 2.44. The van der Waals surface area contributed by atoms with Crippen LogP contribution in [0.2, 0.25) is 10.0 Å². The number of likely N-dealkylation sites (tertiary alicyclic amines) is 1. The maximum Gasteiger partial charge on any atom is 0.404 e. The van der Waals surface area contributed by atoms with E-state index in [-0.39, 0.29) is 58.9 Å². The van der Waals surface area contributed by atoms with Crippen molar-refractivity contribution in [3.05, 3.63) is 33.8 Å². The van der Waals surface area contributed by atoms with Crippen molar-refractivity contribution in [1.29, 1.82) is 0 Å². The van der Waals surface area contributed by atoms with Crippen molar-refractivity contribution in [3.63, 3.8) is 0 Å². The molecule has 4 rings (SSSR count). The van der Waals surface area contributed by atoms with Gasteiger partial charge < -0.3 is 9.15 Å². The third-order valence-electron chi connectivity index (χ3n) is 7.21. The number of rotatable bonds is 11. The molecule has 0 aliphatic carbocycles. The first-order valence-electron chi connectivity index (χ1n) is 13.9. The molecule has 1 fully saturated rings. The molecule has 1 aliphatic heterocycles. The van der Waals surface area contributed by atoms with Gasteiger partial charge in [0.2, 0.25) is 15.9 Å². The first-order chi connectivity index (χ1) is 21.3. The second kappa shape index (κ2) is 13.6. The molecule has 0 unspecified atom stereocenters. The van der Waals surface area contributed by atoms with Crippen molar-refractivity contribution in [3.8, 4) is 21.3 Å². The molecule has 0 bridgehead atoms. The number of esters is 1. The van der Waals surface area contributed by atoms with E-state index in [1.165, 1.54) is 25.0 Å². The van der Waals surface area contributed by atoms with Gasteiger partial charge in [-0.1, -0.05) is 36.2 Å². The summed E-state index contributed by atoms with van der Waals surface area (Å²) in [5.74, 6) is -3.35. The van der Waals surface area contributed by atoms with Crippen LogP contribution in [0.4, 0.5) is 22.0 Å². The Balaban J connectivity index is 1.75. The number of hydrogen-bond donors (Lipinski definition) is 1. The van der Waals surface area contributed by atoms with Crippen molar-refractivity contribution < 1.29 is 44.3 Å². The molecule has 1 N–H and O–H groups in total. The molecule has 10 nitrogen and oxygen atoms in total. The number of alkyl halides is 5. The van der Waals surface area contributed by atoms with E-state index >= 15 is 0 Å². The van der Waals surface area contributed by atoms with E-state index in [9.17, 15) is 35.2 Å². The molecule has 3 heterocycles. The SMILES string of the molecule is CC[C@H](NS(=O)(=O)c1ccc(-c2sc(-c3nnc(CC(C)(C)C(=O)OC)o3)nc2CN2CCCC(F)(F)C2)c(Cl)c1Cl)C(F)(F)F. The molecule has 0 saturated carbocycles. The van der Waals surface area contributed by atoms with Crippen LogP contribution in [0, 0.1) is 5.41 Å². The summed E-state index contributed by atoms with van der Waals surface area (Å²) in [7, 11) is -3.52. The standard InChI is InChI=1S/C27H30Cl2F5N5O5S2/c1-5-17(27(32,33)34)38-46(41,42)16-8-7-14(19(28)20(16)29)21-15(12-39-10-6-9-26(30,31)13-39)35-23(45-21)22-37-36-18(44-22)11-25(2,3)24(40)43-4/h7-8,17,38H,5-6,9-13H2,1-4H3/t17-/m0/s1. The zero-order chi connectivity index (χ0) is 34.2. The summed E-state index contributed by atoms with van der Waals surface area (Å²) in [6.45, 7) is 4.20. The normalized spacial score (nSPS) is 16.8. The van der Waals surface area contributed by atoms with E-state index < -0.39 is 62.4 Å². The van der Waals surface area contributed by atoms with Crippen LogP contribution in [0.5, 0.6) is 0 Å². The number of methoxy groups -OCH3 is 1. The van der Waals surface area contributed by atoms with Gasteiger partial charge in [0.15, 0.2) is 5.01 Å². The second-order valence-corrected chi connectivity index (χ2v) is 14.8. The minimum atomic E-state index is -4.85. The predicted molar refractivity (Wildman–Crippen MR) is 160 cm³/mol. The average molecular weight is 735 g/mol. The number of benzene rings is 1. The van der Waals surface area contributed by atoms with E-state index in [1.54, 1.807) is 18.6 Å². The maximum atomic E-state index is 14.2. The fourth-order valence-corrected chi connectivity index (χ4v) is 8.09. The van der Waals surface area contributed by atoms with Gasteiger partial charge in [-0.05, 0) is 39.3 Å². The zero-order valence-electron chi connectivity index (χ0n) is 25.0. The molecular weight excluding hydrogens is 704 g/mol. The monoisotopic (exact) mass is 733 g/mol. The van der Waals surface area contributed by atoms with E-state index in [0.29, 0.717) is 11.4 Å². The summed E-state index contributed by atoms with van der Waals surface area (Å²) in [6, 6.07) is -0.101. The first-order valence-corrected chi connectivity index (χ1v) is 16.9. The van der Waals surface area contributed by atoms with Crippen LogP contribution in [0.1, 0.15) is 51.6 Å². The van der Waals surface area contributed by atoms with Crippen LogP contribution < -0.4 is 4.72 Å². The Morgan fingerprint density at radius 1 is 1.22 bits per heavy atom. The lowest BCUT2D eigenvalue weighted by molar-refractivity contribution is -0.152. The number of nitrogens with zero attached hydrogens (tertiary/aromatic N) is 4. The Bertz CT molecular complexity index is 1700. The minimum Gasteiger partial charge on any atom is -0.469 e. The smallest absolute Gasteiger partial charge is 0.404 e. The molecule has 254 valence electrons. The highest BCUT2D eigenvalue weighted by Gasteiger charge is 2.42. The van der Waals surface area contributed by atoms with Gasteiger partial charge in [0, 0.05) is 24.9 Å². The van der Waals surface area contributed by atoms with Crippen LogP contribution in [0.15, 0.2) is 21.4 Å². The van der Waals surface area contributed by atoms with Gasteiger partial charge in [-0.15, -0.1) is 21.5 Å². The Morgan fingerprint density at radius 3 is 2.52 bits per heavy atom. The Hall–Kier alpha value is -2.44. The van der Waals surface area contributed by atoms with Crippen LogP contribution in [-0.4, -0.2) is 72.8 Å². The molecule has 1 aliphatic rings. The number of halogens is 7. The molecule has 0 radical (unpaired) electrons. The van der Waals surface area contributed by atoms with E-state index in [2.05, 4.69) is 15.2 Å². The zero-order valence-corrected chi connectivity index (χ0v) is 28.1. The lowest BCUT2D eigenvalue weighted by Crippen LogP contribution is -2.44. The Morgan fingerprint density at radius 2 is 1.91 bits per heavy atom. The van der Waals surface area contributed by atoms with Crippen molar-refractivity contribution in [1.82, 2.24) is 24.8 Å². The molecule has 19 heteroatoms. The first kappa shape index (κ1) is 36.4. The number of carbonyl (C=O) groups excluding carboxylic acids is 1. The van der Waals surface area contributed by atoms with E-state index in [4.69, 9.17) is 32.4 Å². The highest BCUT2D eigenvalue weighted by atomic mass is 35.5. The number of piperidine rings is 1. The van der Waals surface area contributed by atoms with Crippen molar-refractivity contribution in [2.45, 2.75) is 76.0 Å². The third-order valence-corrected chi connectivity index (χ3v) is 10.8. The summed E-state index contributed by atoms with van der Waals surface area (Å²) in [4.78, 5) is 17.8. The fraction of sp³-hybridized carbons (Fsp3) is 0.556. The van der Waals surface area contributed by atoms with Gasteiger partial charge in [-0.3, -0.25) is 9.69 Å². The summed E-state index contributed by atoms with van der Waals surface area (Å²) in [6.07, 6.45) is -5.39. The van der Waals surface area contributed by atoms with Crippen LogP contribution in [0.25, 0.3) is 21.3 Å². The number of nitrogens with one attached hydrogen (secondary N) is 1. The number of sulfonamides is 1. The van der Waals surface area contributed by atoms with Gasteiger partial charge in [0.05, 0.1) is 39.7 Å². The number of ether oxygens (including phenoxy) is 1. The van der Waals surface area contributed by atoms with Gasteiger partial charge in [-0.2, -0.15) is 17.9 Å². The van der Waals surface area contributed by atoms with Crippen LogP contribution in [0.3, 0.4) is 0 Å². The largest absolute Gasteiger partial charge is 0.469 e. The molecule has 1 saturated heterocycles. The van der Waals surface area contributed by atoms with Gasteiger partial charge in [0.1, 0.15) is 10.9 Å². The fourth-order valence-electron chi connectivity index (χ4n) is 4.84. The summed E-state index contributed by atoms with van der Waals surface area (Å²) < 4.78 is 106. The lowest BCUT2D eigenvalue weighted by Gasteiger charge is -2.32. The molecule has 0 spiro atoms. The van der Waals surface area contributed by atoms with Crippen molar-refractivity contribution >= 4 is 50.5 Å². The Kier molecular flexibility index (Phi) is 10.7. The van der Waals surface area contributed by atoms with Gasteiger partial charge in [0.25, 0.3) is 11.8 Å². The quantitative estimate of drug-likeness (QED) is 0.168. The number of hydrogen-bond acceptors (Lipinski definition) is 10. The summed E-state index contributed by atoms with van der Waals surface area (Å²) in [5, 5.41) is 7.33. The number of carbonyl (C=O) groups is 1. The van der Waals surface area contributed by atoms with Crippen LogP contribution in [-0.2, 0) is 32.5 Å². The third kappa shape index (κ3) is 8.16. The molecule has 2 aromatic heterocycles. The molecule has 3 aromatic rings. The van der Waals surface area contributed by atoms with Gasteiger partial charge in [-0.25, -0.2) is 22.2 Å². The number of aromatic nitrogens is 3. The topological polar surface area (TPSA) is 128 Å². The van der Waals surface area contributed by atoms with E-state index in [1.807, 2.05) is 0 Å². The van der Waals surface area contributed by atoms with Crippen molar-refractivity contribution in [2.24, 2.45) is 5.41 Å². The minimum absolute atomic E-state index is 0.0409. The predicted octanol–water partition coefficient (Wildman–Crippen LogP) is 6.76. The number of thiazole rings is 1. The molecule has 0 amide bonds. The molecular formula is C27H30Cl2F5N5O5S2. The summed E-state index contributed by atoms with van der Waals surface area (Å²) >= 11 is 13.9. The van der Waals surface area contributed by atoms with E-state index in [0.717, 1.165) is 17.4 Å². The maximum absolute atomic E-state index is 14.2. The molecule has 1 aromatic carbocycles. The van der Waals surface area contributed by atoms with Crippen molar-refractivity contribution in [2.75, 3.05) is 20.2 Å².